The third-order valence-corrected chi connectivity index (χ3v) is 1.61. The molecule has 1 aliphatic carbocycles. The molecule has 1 N–H and O–H groups in total. The maximum absolute atomic E-state index is 6.94. The first-order valence-corrected chi connectivity index (χ1v) is 14.6. The molecule has 2 radical (unpaired) electrons. The zero-order chi connectivity index (χ0) is 16.0. The van der Waals surface area contributed by atoms with Gasteiger partial charge in [-0.2, -0.15) is 5.56 Å². The zero-order valence-electron chi connectivity index (χ0n) is 12.8. The molecule has 0 saturated heterocycles. The standard InChI is InChI=1S/C9H7.C4H10N.C2H6Si.2ClH.Zr/c1-2-5-9-7-3-6-8(9)4-1;1-4(2,3)5;1-3-2;;;/h1-2,4-6H,7H2;5H,1-3H3;1-2H3;2*1H;/q2*-1;;;;+4/p-2. The quantitative estimate of drug-likeness (QED) is 0.369. The second-order valence-corrected chi connectivity index (χ2v) is 9.78. The Bertz CT molecular complexity index is 357. The van der Waals surface area contributed by atoms with Crippen molar-refractivity contribution in [3.63, 3.8) is 0 Å². The van der Waals surface area contributed by atoms with Crippen LogP contribution < -0.4 is 0 Å². The summed E-state index contributed by atoms with van der Waals surface area (Å²) in [5.41, 5.74) is 9.42. The van der Waals surface area contributed by atoms with E-state index < -0.39 is 20.8 Å². The molecule has 0 fully saturated rings. The Morgan fingerprint density at radius 2 is 1.60 bits per heavy atom. The summed E-state index contributed by atoms with van der Waals surface area (Å²) in [5.74, 6) is 0. The summed E-state index contributed by atoms with van der Waals surface area (Å²) in [6.45, 7) is 9.87. The molecule has 1 aliphatic rings. The molecule has 0 aliphatic heterocycles. The van der Waals surface area contributed by atoms with Crippen LogP contribution in [-0.2, 0) is 27.3 Å². The van der Waals surface area contributed by atoms with Crippen LogP contribution in [0.15, 0.2) is 24.3 Å². The summed E-state index contributed by atoms with van der Waals surface area (Å²) in [6.07, 6.45) is 6.21. The summed E-state index contributed by atoms with van der Waals surface area (Å²) in [7, 11) is 11.0. The average Bonchev–Trinajstić information content (AvgIpc) is 2.76. The Kier molecular flexibility index (Phi) is 16.6. The first-order valence-electron chi connectivity index (χ1n) is 6.24. The average molecular weight is 408 g/mol. The second kappa shape index (κ2) is 14.5. The van der Waals surface area contributed by atoms with Gasteiger partial charge in [-0.25, -0.2) is 6.08 Å². The molecule has 0 amide bonds. The molecule has 1 aromatic carbocycles. The van der Waals surface area contributed by atoms with Crippen molar-refractivity contribution in [2.75, 3.05) is 0 Å². The van der Waals surface area contributed by atoms with Crippen LogP contribution in [0, 0.1) is 6.08 Å². The van der Waals surface area contributed by atoms with Crippen LogP contribution in [0.4, 0.5) is 0 Å². The van der Waals surface area contributed by atoms with Crippen molar-refractivity contribution < 1.29 is 20.8 Å². The van der Waals surface area contributed by atoms with E-state index in [9.17, 15) is 0 Å². The van der Waals surface area contributed by atoms with E-state index >= 15 is 0 Å². The predicted octanol–water partition coefficient (Wildman–Crippen LogP) is 6.06. The Morgan fingerprint density at radius 1 is 1.20 bits per heavy atom. The van der Waals surface area contributed by atoms with Crippen LogP contribution >= 0.6 is 17.0 Å². The van der Waals surface area contributed by atoms with Gasteiger partial charge in [-0.15, -0.1) is 23.6 Å². The molecule has 1 aromatic rings. The first kappa shape index (κ1) is 22.9. The number of rotatable bonds is 0. The Morgan fingerprint density at radius 3 is 2.00 bits per heavy atom. The predicted molar refractivity (Wildman–Crippen MR) is 91.1 cm³/mol. The van der Waals surface area contributed by atoms with E-state index in [2.05, 4.69) is 49.5 Å². The fraction of sp³-hybridized carbons (Fsp3) is 0.467. The van der Waals surface area contributed by atoms with Crippen LogP contribution in [0.25, 0.3) is 11.8 Å². The van der Waals surface area contributed by atoms with E-state index in [0.29, 0.717) is 0 Å². The Balaban J connectivity index is 0. The molecule has 0 spiro atoms. The Hall–Kier alpha value is 0.600. The van der Waals surface area contributed by atoms with E-state index in [1.165, 1.54) is 11.1 Å². The molecule has 0 saturated carbocycles. The molecular weight excluding hydrogens is 384 g/mol. The number of hydrogen-bond acceptors (Lipinski definition) is 0. The number of nitrogens with one attached hydrogen (secondary N) is 1. The summed E-state index contributed by atoms with van der Waals surface area (Å²) >= 11 is -0.826. The van der Waals surface area contributed by atoms with Gasteiger partial charge in [0.1, 0.15) is 0 Å². The van der Waals surface area contributed by atoms with Crippen molar-refractivity contribution in [1.82, 2.24) is 0 Å². The van der Waals surface area contributed by atoms with E-state index in [1.807, 2.05) is 20.8 Å². The van der Waals surface area contributed by atoms with Gasteiger partial charge in [-0.3, -0.25) is 6.08 Å². The fourth-order valence-electron chi connectivity index (χ4n) is 1.11. The second-order valence-electron chi connectivity index (χ2n) is 5.05. The zero-order valence-corrected chi connectivity index (χ0v) is 17.8. The van der Waals surface area contributed by atoms with Crippen LogP contribution in [0.5, 0.6) is 0 Å². The maximum atomic E-state index is 6.94. The molecule has 1 nitrogen and oxygen atoms in total. The monoisotopic (exact) mass is 405 g/mol. The van der Waals surface area contributed by atoms with E-state index in [4.69, 9.17) is 22.8 Å². The third-order valence-electron chi connectivity index (χ3n) is 1.61. The van der Waals surface area contributed by atoms with Gasteiger partial charge in [-0.05, 0) is 0 Å². The molecule has 110 valence electrons. The number of benzene rings is 1. The molecule has 5 heteroatoms. The van der Waals surface area contributed by atoms with Gasteiger partial charge in [0.2, 0.25) is 0 Å². The summed E-state index contributed by atoms with van der Waals surface area (Å²) in [5, 5.41) is 0. The van der Waals surface area contributed by atoms with Crippen LogP contribution in [0.1, 0.15) is 31.9 Å². The molecule has 0 atom stereocenters. The molecule has 20 heavy (non-hydrogen) atoms. The van der Waals surface area contributed by atoms with Crippen LogP contribution in [0.3, 0.4) is 0 Å². The van der Waals surface area contributed by atoms with Gasteiger partial charge in [0.05, 0.1) is 0 Å². The van der Waals surface area contributed by atoms with Crippen LogP contribution in [-0.4, -0.2) is 15.1 Å². The number of halogens is 2. The number of hydrogen-bond donors (Lipinski definition) is 0. The van der Waals surface area contributed by atoms with Gasteiger partial charge in [0, 0.05) is 9.52 Å². The molecule has 0 unspecified atom stereocenters. The minimum absolute atomic E-state index is 0.250. The van der Waals surface area contributed by atoms with Crippen LogP contribution in [0.2, 0.25) is 13.1 Å². The van der Waals surface area contributed by atoms with Gasteiger partial charge >= 0.3 is 37.9 Å². The molecule has 0 bridgehead atoms. The third kappa shape index (κ3) is 18.6. The molecule has 0 heterocycles. The van der Waals surface area contributed by atoms with E-state index in [0.717, 1.165) is 15.9 Å². The first-order chi connectivity index (χ1) is 9.29. The van der Waals surface area contributed by atoms with Crippen molar-refractivity contribution in [1.29, 1.82) is 0 Å². The fourth-order valence-corrected chi connectivity index (χ4v) is 1.11. The van der Waals surface area contributed by atoms with E-state index in [-0.39, 0.29) is 5.54 Å². The topological polar surface area (TPSA) is 23.8 Å². The van der Waals surface area contributed by atoms with E-state index in [1.54, 1.807) is 0 Å². The van der Waals surface area contributed by atoms with Crippen molar-refractivity contribution >= 4 is 32.6 Å². The van der Waals surface area contributed by atoms with Crippen molar-refractivity contribution in [3.05, 3.63) is 47.2 Å². The normalized spacial score (nSPS) is 10.6. The minimum atomic E-state index is -0.826. The number of allylic oxidation sites excluding steroid dienone is 1. The summed E-state index contributed by atoms with van der Waals surface area (Å²) < 4.78 is 0. The van der Waals surface area contributed by atoms with Gasteiger partial charge in [0.15, 0.2) is 0 Å². The van der Waals surface area contributed by atoms with Crippen molar-refractivity contribution in [3.8, 4) is 0 Å². The van der Waals surface area contributed by atoms with Crippen molar-refractivity contribution in [2.45, 2.75) is 45.8 Å². The number of fused-ring (bicyclic) bond motifs is 1. The molecular formula is C15H23Cl2NSiZr. The van der Waals surface area contributed by atoms with Crippen molar-refractivity contribution in [2.24, 2.45) is 0 Å². The summed E-state index contributed by atoms with van der Waals surface area (Å²) in [4.78, 5) is 0. The summed E-state index contributed by atoms with van der Waals surface area (Å²) in [6, 6.07) is 8.39. The molecule has 2 rings (SSSR count). The van der Waals surface area contributed by atoms with Gasteiger partial charge in [0.25, 0.3) is 0 Å². The Labute approximate surface area is 145 Å². The van der Waals surface area contributed by atoms with Gasteiger partial charge < -0.3 is 5.73 Å². The van der Waals surface area contributed by atoms with Gasteiger partial charge in [-0.1, -0.05) is 52.1 Å². The SMILES string of the molecule is CC(C)(C)[NH-].C[Si]C.[C-]1=Cc2ccccc2C1.[Cl][Zr+2][Cl]. The molecule has 0 aromatic heterocycles.